The second-order valence-corrected chi connectivity index (χ2v) is 8.87. The highest BCUT2D eigenvalue weighted by molar-refractivity contribution is 7.81. The maximum Gasteiger partial charge on any atom is 0.288 e. The summed E-state index contributed by atoms with van der Waals surface area (Å²) in [5.74, 6) is -0.116. The summed E-state index contributed by atoms with van der Waals surface area (Å²) >= 11 is 5.75. The highest BCUT2D eigenvalue weighted by Crippen LogP contribution is 2.25. The van der Waals surface area contributed by atoms with Crippen molar-refractivity contribution in [2.75, 3.05) is 0 Å². The maximum atomic E-state index is 13.2. The third-order valence-electron chi connectivity index (χ3n) is 6.08. The van der Waals surface area contributed by atoms with Gasteiger partial charge < -0.3 is 15.0 Å². The number of hydrogen-bond acceptors (Lipinski definition) is 2. The molecular formula is C29H29FN3OS+. The lowest BCUT2D eigenvalue weighted by Crippen LogP contribution is -2.40. The molecule has 0 aliphatic rings. The molecule has 0 unspecified atom stereocenters. The van der Waals surface area contributed by atoms with E-state index < -0.39 is 0 Å². The number of hydrogen-bond donors (Lipinski definition) is 2. The Balaban J connectivity index is 1.64. The van der Waals surface area contributed by atoms with Crippen LogP contribution in [0.3, 0.4) is 0 Å². The number of benzene rings is 2. The number of aryl methyl sites for hydroxylation is 2. The number of rotatable bonds is 8. The van der Waals surface area contributed by atoms with Crippen LogP contribution in [-0.4, -0.2) is 14.7 Å². The van der Waals surface area contributed by atoms with Gasteiger partial charge >= 0.3 is 0 Å². The van der Waals surface area contributed by atoms with E-state index in [-0.39, 0.29) is 11.6 Å². The molecular weight excluding hydrogens is 457 g/mol. The Labute approximate surface area is 211 Å². The first kappa shape index (κ1) is 24.4. The topological polar surface area (TPSA) is 41.1 Å². The fourth-order valence-corrected chi connectivity index (χ4v) is 4.44. The molecule has 0 aliphatic heterocycles. The molecule has 2 aromatic carbocycles. The Bertz CT molecular complexity index is 1330. The first-order valence-corrected chi connectivity index (χ1v) is 12.0. The molecule has 0 radical (unpaired) electrons. The summed E-state index contributed by atoms with van der Waals surface area (Å²) in [5, 5.41) is 14.8. The second-order valence-electron chi connectivity index (χ2n) is 8.46. The fourth-order valence-electron chi connectivity index (χ4n) is 4.16. The lowest BCUT2D eigenvalue weighted by Gasteiger charge is -2.12. The average molecular weight is 487 g/mol. The van der Waals surface area contributed by atoms with Gasteiger partial charge in [-0.15, -0.1) is 0 Å². The van der Waals surface area contributed by atoms with Gasteiger partial charge in [-0.2, -0.15) is 4.57 Å². The fraction of sp³-hybridized carbons (Fsp3) is 0.172. The van der Waals surface area contributed by atoms with Crippen molar-refractivity contribution in [3.63, 3.8) is 0 Å². The SMILES string of the molecule is Cc1cc(C(O)=C(C(=S)NCc2ccccc2)[n+]2ccccc2)c(C)n1CCc1ccc(F)cc1. The standard InChI is InChI=1S/C29H28FN3OS/c1-21-19-26(22(2)33(21)18-15-23-11-13-25(30)14-12-23)28(34)27(32-16-7-4-8-17-32)29(35)31-20-24-9-5-3-6-10-24/h3-14,16-17,19H,15,18,20H2,1-2H3,(H-,31,34,35)/p+1. The van der Waals surface area contributed by atoms with Crippen molar-refractivity contribution in [2.24, 2.45) is 0 Å². The zero-order valence-corrected chi connectivity index (χ0v) is 20.7. The lowest BCUT2D eigenvalue weighted by molar-refractivity contribution is -0.576. The molecule has 2 aromatic heterocycles. The van der Waals surface area contributed by atoms with Crippen LogP contribution in [0.15, 0.2) is 91.3 Å². The predicted molar refractivity (Wildman–Crippen MR) is 142 cm³/mol. The van der Waals surface area contributed by atoms with Gasteiger partial charge in [-0.3, -0.25) is 0 Å². The molecule has 4 aromatic rings. The molecule has 0 saturated carbocycles. The molecule has 6 heteroatoms. The third kappa shape index (κ3) is 5.84. The molecule has 4 nitrogen and oxygen atoms in total. The van der Waals surface area contributed by atoms with Gasteiger partial charge in [0.25, 0.3) is 5.70 Å². The molecule has 4 rings (SSSR count). The Hall–Kier alpha value is -3.77. The van der Waals surface area contributed by atoms with Gasteiger partial charge in [-0.25, -0.2) is 4.39 Å². The summed E-state index contributed by atoms with van der Waals surface area (Å²) in [7, 11) is 0. The average Bonchev–Trinajstić information content (AvgIpc) is 3.17. The maximum absolute atomic E-state index is 13.2. The zero-order valence-electron chi connectivity index (χ0n) is 19.9. The largest absolute Gasteiger partial charge is 0.502 e. The number of thiocarbonyl (C=S) groups is 1. The Kier molecular flexibility index (Phi) is 7.73. The van der Waals surface area contributed by atoms with Crippen LogP contribution < -0.4 is 9.88 Å². The smallest absolute Gasteiger partial charge is 0.288 e. The highest BCUT2D eigenvalue weighted by atomic mass is 32.1. The van der Waals surface area contributed by atoms with Crippen LogP contribution in [0.2, 0.25) is 0 Å². The molecule has 2 N–H and O–H groups in total. The molecule has 35 heavy (non-hydrogen) atoms. The van der Waals surface area contributed by atoms with Crippen LogP contribution in [-0.2, 0) is 19.5 Å². The zero-order chi connectivity index (χ0) is 24.8. The highest BCUT2D eigenvalue weighted by Gasteiger charge is 2.26. The summed E-state index contributed by atoms with van der Waals surface area (Å²) in [6, 6.07) is 24.3. The molecule has 0 aliphatic carbocycles. The van der Waals surface area contributed by atoms with E-state index in [0.717, 1.165) is 41.0 Å². The summed E-state index contributed by atoms with van der Waals surface area (Å²) < 4.78 is 17.2. The number of nitrogens with one attached hydrogen (secondary N) is 1. The number of halogens is 1. The van der Waals surface area contributed by atoms with E-state index in [2.05, 4.69) is 9.88 Å². The van der Waals surface area contributed by atoms with Gasteiger partial charge in [0, 0.05) is 42.2 Å². The normalized spacial score (nSPS) is 11.7. The van der Waals surface area contributed by atoms with E-state index in [4.69, 9.17) is 12.2 Å². The molecule has 2 heterocycles. The van der Waals surface area contributed by atoms with Crippen LogP contribution >= 0.6 is 12.2 Å². The van der Waals surface area contributed by atoms with Crippen LogP contribution in [0.1, 0.15) is 28.1 Å². The molecule has 0 spiro atoms. The van der Waals surface area contributed by atoms with Crippen molar-refractivity contribution in [3.05, 3.63) is 125 Å². The minimum Gasteiger partial charge on any atom is -0.502 e. The molecule has 0 atom stereocenters. The summed E-state index contributed by atoms with van der Waals surface area (Å²) in [6.45, 7) is 5.30. The summed E-state index contributed by atoms with van der Waals surface area (Å²) in [4.78, 5) is 0.457. The molecule has 0 saturated heterocycles. The minimum atomic E-state index is -0.234. The van der Waals surface area contributed by atoms with Crippen molar-refractivity contribution in [1.29, 1.82) is 0 Å². The number of nitrogens with zero attached hydrogens (tertiary/aromatic N) is 2. The van der Waals surface area contributed by atoms with Gasteiger partial charge in [0.2, 0.25) is 5.76 Å². The summed E-state index contributed by atoms with van der Waals surface area (Å²) in [6.07, 6.45) is 4.50. The van der Waals surface area contributed by atoms with Gasteiger partial charge in [-0.05, 0) is 49.6 Å². The molecule has 0 amide bonds. The first-order valence-electron chi connectivity index (χ1n) is 11.6. The van der Waals surface area contributed by atoms with Crippen molar-refractivity contribution < 1.29 is 14.1 Å². The van der Waals surface area contributed by atoms with E-state index in [1.807, 2.05) is 97.5 Å². The Morgan fingerprint density at radius 2 is 1.60 bits per heavy atom. The minimum absolute atomic E-state index is 0.118. The van der Waals surface area contributed by atoms with Crippen LogP contribution in [0.4, 0.5) is 4.39 Å². The van der Waals surface area contributed by atoms with Crippen molar-refractivity contribution >= 4 is 28.7 Å². The monoisotopic (exact) mass is 486 g/mol. The third-order valence-corrected chi connectivity index (χ3v) is 6.41. The number of aliphatic hydroxyl groups is 1. The molecule has 0 fully saturated rings. The van der Waals surface area contributed by atoms with E-state index in [1.54, 1.807) is 0 Å². The van der Waals surface area contributed by atoms with Gasteiger partial charge in [0.05, 0.1) is 0 Å². The van der Waals surface area contributed by atoms with E-state index >= 15 is 0 Å². The molecule has 0 bridgehead atoms. The van der Waals surface area contributed by atoms with Gasteiger partial charge in [0.1, 0.15) is 5.82 Å². The lowest BCUT2D eigenvalue weighted by atomic mass is 10.1. The predicted octanol–water partition coefficient (Wildman–Crippen LogP) is 5.78. The van der Waals surface area contributed by atoms with Crippen molar-refractivity contribution in [2.45, 2.75) is 33.4 Å². The number of pyridine rings is 1. The Morgan fingerprint density at radius 3 is 2.29 bits per heavy atom. The summed E-state index contributed by atoms with van der Waals surface area (Å²) in [5.41, 5.74) is 5.40. The van der Waals surface area contributed by atoms with Crippen molar-refractivity contribution in [3.8, 4) is 0 Å². The first-order chi connectivity index (χ1) is 16.9. The van der Waals surface area contributed by atoms with E-state index in [9.17, 15) is 9.50 Å². The van der Waals surface area contributed by atoms with E-state index in [1.165, 1.54) is 12.1 Å². The van der Waals surface area contributed by atoms with E-state index in [0.29, 0.717) is 17.2 Å². The number of aliphatic hydroxyl groups excluding tert-OH is 1. The Morgan fingerprint density at radius 1 is 0.943 bits per heavy atom. The quantitative estimate of drug-likeness (QED) is 0.144. The second kappa shape index (κ2) is 11.1. The molecule has 178 valence electrons. The van der Waals surface area contributed by atoms with Crippen molar-refractivity contribution in [1.82, 2.24) is 9.88 Å². The van der Waals surface area contributed by atoms with Gasteiger partial charge in [-0.1, -0.05) is 60.7 Å². The van der Waals surface area contributed by atoms with Crippen LogP contribution in [0.5, 0.6) is 0 Å². The van der Waals surface area contributed by atoms with Gasteiger partial charge in [0.15, 0.2) is 17.4 Å². The number of aromatic nitrogens is 2. The van der Waals surface area contributed by atoms with Crippen LogP contribution in [0, 0.1) is 19.7 Å². The van der Waals surface area contributed by atoms with Crippen LogP contribution in [0.25, 0.3) is 11.5 Å².